The normalized spacial score (nSPS) is 10.2. The summed E-state index contributed by atoms with van der Waals surface area (Å²) in [5, 5.41) is 13.5. The second kappa shape index (κ2) is 9.40. The van der Waals surface area contributed by atoms with Gasteiger partial charge in [0.2, 0.25) is 11.8 Å². The molecular formula is C12H19N3O2. The molecule has 0 aliphatic heterocycles. The van der Waals surface area contributed by atoms with Gasteiger partial charge in [-0.25, -0.2) is 0 Å². The molecule has 0 saturated carbocycles. The fraction of sp³-hybridized carbons (Fsp3) is 0.583. The minimum atomic E-state index is -0.279. The van der Waals surface area contributed by atoms with E-state index >= 15 is 0 Å². The summed E-state index contributed by atoms with van der Waals surface area (Å²) in [6, 6.07) is 1.76. The molecule has 0 unspecified atom stereocenters. The van der Waals surface area contributed by atoms with Crippen molar-refractivity contribution in [2.75, 3.05) is 13.1 Å². The molecule has 17 heavy (non-hydrogen) atoms. The van der Waals surface area contributed by atoms with Crippen molar-refractivity contribution < 1.29 is 9.59 Å². The number of nitrogens with zero attached hydrogens (tertiary/aromatic N) is 1. The Balaban J connectivity index is 3.49. The van der Waals surface area contributed by atoms with Gasteiger partial charge in [0.15, 0.2) is 0 Å². The van der Waals surface area contributed by atoms with Gasteiger partial charge >= 0.3 is 0 Å². The van der Waals surface area contributed by atoms with E-state index in [2.05, 4.69) is 10.6 Å². The van der Waals surface area contributed by atoms with Crippen molar-refractivity contribution in [1.29, 1.82) is 5.26 Å². The topological polar surface area (TPSA) is 82.0 Å². The van der Waals surface area contributed by atoms with Crippen molar-refractivity contribution in [2.45, 2.75) is 26.7 Å². The highest BCUT2D eigenvalue weighted by atomic mass is 16.2. The molecule has 0 aromatic carbocycles. The zero-order chi connectivity index (χ0) is 13.1. The lowest BCUT2D eigenvalue weighted by Gasteiger charge is -2.03. The molecule has 0 bridgehead atoms. The van der Waals surface area contributed by atoms with Crippen LogP contribution >= 0.6 is 0 Å². The van der Waals surface area contributed by atoms with Crippen LogP contribution < -0.4 is 10.6 Å². The van der Waals surface area contributed by atoms with Gasteiger partial charge < -0.3 is 10.6 Å². The Morgan fingerprint density at radius 1 is 1.29 bits per heavy atom. The second-order valence-corrected chi connectivity index (χ2v) is 3.93. The van der Waals surface area contributed by atoms with Crippen molar-refractivity contribution in [2.24, 2.45) is 5.92 Å². The number of nitrogens with one attached hydrogen (secondary N) is 2. The van der Waals surface area contributed by atoms with Crippen molar-refractivity contribution >= 4 is 11.8 Å². The fourth-order valence-electron chi connectivity index (χ4n) is 1.00. The number of carbonyl (C=O) groups excluding carboxylic acids is 2. The molecule has 0 fully saturated rings. The lowest BCUT2D eigenvalue weighted by Crippen LogP contribution is -2.28. The van der Waals surface area contributed by atoms with Gasteiger partial charge in [0.1, 0.15) is 6.42 Å². The Kier molecular flexibility index (Phi) is 8.39. The van der Waals surface area contributed by atoms with Crippen LogP contribution in [0.25, 0.3) is 0 Å². The molecule has 5 heteroatoms. The lowest BCUT2D eigenvalue weighted by molar-refractivity contribution is -0.120. The summed E-state index contributed by atoms with van der Waals surface area (Å²) in [4.78, 5) is 22.1. The summed E-state index contributed by atoms with van der Waals surface area (Å²) in [7, 11) is 0. The van der Waals surface area contributed by atoms with Crippen molar-refractivity contribution in [3.05, 3.63) is 12.2 Å². The van der Waals surface area contributed by atoms with Gasteiger partial charge in [0.05, 0.1) is 6.07 Å². The van der Waals surface area contributed by atoms with E-state index in [1.807, 2.05) is 19.9 Å². The van der Waals surface area contributed by atoms with Crippen molar-refractivity contribution in [3.63, 3.8) is 0 Å². The molecule has 94 valence electrons. The summed E-state index contributed by atoms with van der Waals surface area (Å²) in [5.41, 5.74) is 0. The van der Waals surface area contributed by atoms with Crippen LogP contribution in [-0.4, -0.2) is 24.9 Å². The predicted molar refractivity (Wildman–Crippen MR) is 64.8 cm³/mol. The summed E-state index contributed by atoms with van der Waals surface area (Å²) in [6.45, 7) is 4.96. The Morgan fingerprint density at radius 3 is 2.53 bits per heavy atom. The van der Waals surface area contributed by atoms with Crippen LogP contribution in [-0.2, 0) is 9.59 Å². The standard InChI is InChI=1S/C12H19N3O2/c1-10(2)4-5-11(16)14-8-3-9-15-12(17)6-7-13/h4-5,10H,3,6,8-9H2,1-2H3,(H,14,16)(H,15,17)/b5-4+. The molecule has 0 radical (unpaired) electrons. The maximum Gasteiger partial charge on any atom is 0.243 e. The van der Waals surface area contributed by atoms with Gasteiger partial charge in [0, 0.05) is 13.1 Å². The highest BCUT2D eigenvalue weighted by Crippen LogP contribution is 1.92. The molecule has 0 aromatic rings. The SMILES string of the molecule is CC(C)/C=C/C(=O)NCCCNC(=O)CC#N. The van der Waals surface area contributed by atoms with Gasteiger partial charge in [-0.3, -0.25) is 9.59 Å². The quantitative estimate of drug-likeness (QED) is 0.506. The molecule has 0 rings (SSSR count). The molecule has 5 nitrogen and oxygen atoms in total. The molecule has 0 saturated heterocycles. The molecule has 0 heterocycles. The van der Waals surface area contributed by atoms with E-state index in [1.165, 1.54) is 6.08 Å². The summed E-state index contributed by atoms with van der Waals surface area (Å²) >= 11 is 0. The van der Waals surface area contributed by atoms with Crippen LogP contribution in [0.5, 0.6) is 0 Å². The zero-order valence-electron chi connectivity index (χ0n) is 10.3. The van der Waals surface area contributed by atoms with E-state index in [-0.39, 0.29) is 18.2 Å². The largest absolute Gasteiger partial charge is 0.355 e. The predicted octanol–water partition coefficient (Wildman–Crippen LogP) is 0.735. The first-order valence-corrected chi connectivity index (χ1v) is 5.66. The third-order valence-electron chi connectivity index (χ3n) is 1.85. The number of hydrogen-bond acceptors (Lipinski definition) is 3. The summed E-state index contributed by atoms with van der Waals surface area (Å²) in [5.74, 6) is -0.0494. The molecule has 2 N–H and O–H groups in total. The van der Waals surface area contributed by atoms with E-state index in [4.69, 9.17) is 5.26 Å². The van der Waals surface area contributed by atoms with Gasteiger partial charge in [0.25, 0.3) is 0 Å². The minimum absolute atomic E-state index is 0.122. The van der Waals surface area contributed by atoms with E-state index < -0.39 is 0 Å². The van der Waals surface area contributed by atoms with E-state index in [0.29, 0.717) is 25.4 Å². The zero-order valence-corrected chi connectivity index (χ0v) is 10.3. The van der Waals surface area contributed by atoms with Gasteiger partial charge in [-0.05, 0) is 18.4 Å². The summed E-state index contributed by atoms with van der Waals surface area (Å²) in [6.07, 6.45) is 3.87. The van der Waals surface area contributed by atoms with E-state index in [1.54, 1.807) is 6.07 Å². The third-order valence-corrected chi connectivity index (χ3v) is 1.85. The van der Waals surface area contributed by atoms with Crippen LogP contribution in [0.1, 0.15) is 26.7 Å². The van der Waals surface area contributed by atoms with Gasteiger partial charge in [-0.2, -0.15) is 5.26 Å². The smallest absolute Gasteiger partial charge is 0.243 e. The minimum Gasteiger partial charge on any atom is -0.355 e. The number of amides is 2. The van der Waals surface area contributed by atoms with E-state index in [0.717, 1.165) is 0 Å². The highest BCUT2D eigenvalue weighted by Gasteiger charge is 1.98. The average Bonchev–Trinajstić information content (AvgIpc) is 2.26. The van der Waals surface area contributed by atoms with Crippen LogP contribution in [0, 0.1) is 17.2 Å². The Morgan fingerprint density at radius 2 is 1.94 bits per heavy atom. The molecule has 0 aliphatic rings. The first-order valence-electron chi connectivity index (χ1n) is 5.66. The average molecular weight is 237 g/mol. The lowest BCUT2D eigenvalue weighted by atomic mass is 10.2. The molecule has 0 aliphatic carbocycles. The monoisotopic (exact) mass is 237 g/mol. The Hall–Kier alpha value is -1.83. The number of allylic oxidation sites excluding steroid dienone is 1. The van der Waals surface area contributed by atoms with Gasteiger partial charge in [-0.1, -0.05) is 19.9 Å². The Bertz CT molecular complexity index is 316. The van der Waals surface area contributed by atoms with Crippen molar-refractivity contribution in [3.8, 4) is 6.07 Å². The maximum atomic E-state index is 11.2. The third kappa shape index (κ3) is 10.5. The van der Waals surface area contributed by atoms with Crippen LogP contribution in [0.3, 0.4) is 0 Å². The van der Waals surface area contributed by atoms with Crippen LogP contribution in [0.4, 0.5) is 0 Å². The fourth-order valence-corrected chi connectivity index (χ4v) is 1.00. The number of carbonyl (C=O) groups is 2. The number of nitriles is 1. The first-order chi connectivity index (χ1) is 8.06. The van der Waals surface area contributed by atoms with E-state index in [9.17, 15) is 9.59 Å². The number of rotatable bonds is 7. The molecule has 0 spiro atoms. The molecular weight excluding hydrogens is 218 g/mol. The maximum absolute atomic E-state index is 11.2. The Labute approximate surface area is 102 Å². The van der Waals surface area contributed by atoms with Gasteiger partial charge in [-0.15, -0.1) is 0 Å². The number of hydrogen-bond donors (Lipinski definition) is 2. The van der Waals surface area contributed by atoms with Crippen LogP contribution in [0.15, 0.2) is 12.2 Å². The first kappa shape index (κ1) is 15.2. The highest BCUT2D eigenvalue weighted by molar-refractivity contribution is 5.87. The van der Waals surface area contributed by atoms with Crippen molar-refractivity contribution in [1.82, 2.24) is 10.6 Å². The molecule has 0 atom stereocenters. The summed E-state index contributed by atoms with van der Waals surface area (Å²) < 4.78 is 0. The molecule has 0 aromatic heterocycles. The van der Waals surface area contributed by atoms with Crippen LogP contribution in [0.2, 0.25) is 0 Å². The molecule has 2 amide bonds. The second-order valence-electron chi connectivity index (χ2n) is 3.93.